The van der Waals surface area contributed by atoms with Crippen LogP contribution in [0, 0.1) is 0 Å². The van der Waals surface area contributed by atoms with Crippen LogP contribution >= 0.6 is 0 Å². The molecule has 2 rings (SSSR count). The highest BCUT2D eigenvalue weighted by Crippen LogP contribution is 2.28. The Hall–Kier alpha value is -1.48. The SMILES string of the molecule is CCn1c(CC(C)NC)cc2c(O)cccc21. The van der Waals surface area contributed by atoms with Gasteiger partial charge in [0.05, 0.1) is 5.52 Å². The van der Waals surface area contributed by atoms with Crippen molar-refractivity contribution in [3.05, 3.63) is 30.0 Å². The maximum absolute atomic E-state index is 9.87. The first-order chi connectivity index (χ1) is 8.17. The van der Waals surface area contributed by atoms with E-state index in [0.29, 0.717) is 11.8 Å². The molecule has 0 aliphatic heterocycles. The Balaban J connectivity index is 2.52. The molecule has 17 heavy (non-hydrogen) atoms. The molecule has 1 atom stereocenters. The summed E-state index contributed by atoms with van der Waals surface area (Å²) in [6.07, 6.45) is 0.971. The van der Waals surface area contributed by atoms with Crippen LogP contribution in [0.1, 0.15) is 19.5 Å². The lowest BCUT2D eigenvalue weighted by atomic mass is 10.1. The second-order valence-corrected chi connectivity index (χ2v) is 4.48. The zero-order valence-electron chi connectivity index (χ0n) is 10.7. The van der Waals surface area contributed by atoms with Crippen LogP contribution in [0.15, 0.2) is 24.3 Å². The fourth-order valence-electron chi connectivity index (χ4n) is 2.28. The van der Waals surface area contributed by atoms with Gasteiger partial charge in [-0.05, 0) is 39.1 Å². The number of nitrogens with one attached hydrogen (secondary N) is 1. The predicted molar refractivity (Wildman–Crippen MR) is 71.5 cm³/mol. The van der Waals surface area contributed by atoms with Gasteiger partial charge in [0.1, 0.15) is 5.75 Å². The predicted octanol–water partition coefficient (Wildman–Crippen LogP) is 2.52. The van der Waals surface area contributed by atoms with Crippen molar-refractivity contribution in [2.24, 2.45) is 0 Å². The Morgan fingerprint density at radius 3 is 2.82 bits per heavy atom. The minimum Gasteiger partial charge on any atom is -0.507 e. The summed E-state index contributed by atoms with van der Waals surface area (Å²) in [4.78, 5) is 0. The maximum atomic E-state index is 9.87. The Labute approximate surface area is 102 Å². The number of rotatable bonds is 4. The number of hydrogen-bond donors (Lipinski definition) is 2. The molecule has 3 heteroatoms. The van der Waals surface area contributed by atoms with Gasteiger partial charge in [0.25, 0.3) is 0 Å². The number of phenols is 1. The lowest BCUT2D eigenvalue weighted by molar-refractivity contribution is 0.481. The van der Waals surface area contributed by atoms with Crippen LogP contribution in [0.4, 0.5) is 0 Å². The average Bonchev–Trinajstić information content (AvgIpc) is 2.68. The molecule has 0 fully saturated rings. The van der Waals surface area contributed by atoms with Crippen LogP contribution in [0.3, 0.4) is 0 Å². The number of nitrogens with zero attached hydrogens (tertiary/aromatic N) is 1. The summed E-state index contributed by atoms with van der Waals surface area (Å²) in [6.45, 7) is 5.23. The van der Waals surface area contributed by atoms with E-state index >= 15 is 0 Å². The van der Waals surface area contributed by atoms with E-state index in [1.165, 1.54) is 5.69 Å². The van der Waals surface area contributed by atoms with Gasteiger partial charge in [-0.15, -0.1) is 0 Å². The molecule has 1 aromatic heterocycles. The number of aryl methyl sites for hydroxylation is 1. The third kappa shape index (κ3) is 2.15. The Morgan fingerprint density at radius 1 is 1.41 bits per heavy atom. The van der Waals surface area contributed by atoms with E-state index in [1.54, 1.807) is 6.07 Å². The summed E-state index contributed by atoms with van der Waals surface area (Å²) in [5, 5.41) is 14.1. The van der Waals surface area contributed by atoms with Gasteiger partial charge in [-0.25, -0.2) is 0 Å². The van der Waals surface area contributed by atoms with Crippen molar-refractivity contribution in [2.45, 2.75) is 32.9 Å². The van der Waals surface area contributed by atoms with Gasteiger partial charge in [0, 0.05) is 30.1 Å². The first-order valence-electron chi connectivity index (χ1n) is 6.14. The van der Waals surface area contributed by atoms with Crippen LogP contribution in [-0.4, -0.2) is 22.8 Å². The van der Waals surface area contributed by atoms with Crippen molar-refractivity contribution in [1.82, 2.24) is 9.88 Å². The normalized spacial score (nSPS) is 13.1. The van der Waals surface area contributed by atoms with Gasteiger partial charge in [0.15, 0.2) is 0 Å². The summed E-state index contributed by atoms with van der Waals surface area (Å²) in [6, 6.07) is 8.24. The Bertz CT molecular complexity index is 516. The third-order valence-corrected chi connectivity index (χ3v) is 3.33. The second-order valence-electron chi connectivity index (χ2n) is 4.48. The number of phenolic OH excluding ortho intramolecular Hbond substituents is 1. The van der Waals surface area contributed by atoms with E-state index in [0.717, 1.165) is 23.9 Å². The zero-order chi connectivity index (χ0) is 12.4. The third-order valence-electron chi connectivity index (χ3n) is 3.33. The van der Waals surface area contributed by atoms with Gasteiger partial charge in [-0.1, -0.05) is 6.07 Å². The van der Waals surface area contributed by atoms with E-state index in [1.807, 2.05) is 13.1 Å². The highest BCUT2D eigenvalue weighted by atomic mass is 16.3. The van der Waals surface area contributed by atoms with Crippen LogP contribution in [-0.2, 0) is 13.0 Å². The van der Waals surface area contributed by atoms with Crippen LogP contribution < -0.4 is 5.32 Å². The number of aromatic hydroxyl groups is 1. The van der Waals surface area contributed by atoms with E-state index in [4.69, 9.17) is 0 Å². The molecular formula is C14H20N2O. The van der Waals surface area contributed by atoms with Gasteiger partial charge in [0.2, 0.25) is 0 Å². The molecule has 1 unspecified atom stereocenters. The van der Waals surface area contributed by atoms with Gasteiger partial charge < -0.3 is 15.0 Å². The minimum atomic E-state index is 0.369. The van der Waals surface area contributed by atoms with E-state index in [9.17, 15) is 5.11 Å². The monoisotopic (exact) mass is 232 g/mol. The van der Waals surface area contributed by atoms with Crippen molar-refractivity contribution in [1.29, 1.82) is 0 Å². The summed E-state index contributed by atoms with van der Waals surface area (Å²) >= 11 is 0. The first kappa shape index (κ1) is 12.0. The smallest absolute Gasteiger partial charge is 0.124 e. The fraction of sp³-hybridized carbons (Fsp3) is 0.429. The summed E-state index contributed by atoms with van der Waals surface area (Å²) in [5.41, 5.74) is 2.39. The van der Waals surface area contributed by atoms with Crippen molar-refractivity contribution in [3.63, 3.8) is 0 Å². The molecule has 3 nitrogen and oxygen atoms in total. The van der Waals surface area contributed by atoms with Crippen molar-refractivity contribution in [2.75, 3.05) is 7.05 Å². The molecule has 0 saturated heterocycles. The molecule has 92 valence electrons. The zero-order valence-corrected chi connectivity index (χ0v) is 10.7. The molecule has 1 aromatic carbocycles. The number of benzene rings is 1. The topological polar surface area (TPSA) is 37.2 Å². The standard InChI is InChI=1S/C14H20N2O/c1-4-16-11(8-10(2)15-3)9-12-13(16)6-5-7-14(12)17/h5-7,9-10,15,17H,4,8H2,1-3H3. The molecule has 0 aliphatic rings. The molecule has 0 aliphatic carbocycles. The number of likely N-dealkylation sites (N-methyl/N-ethyl adjacent to an activating group) is 1. The number of hydrogen-bond acceptors (Lipinski definition) is 2. The lowest BCUT2D eigenvalue weighted by Gasteiger charge is -2.12. The highest BCUT2D eigenvalue weighted by molar-refractivity contribution is 5.87. The van der Waals surface area contributed by atoms with E-state index in [-0.39, 0.29) is 0 Å². The molecule has 0 amide bonds. The first-order valence-corrected chi connectivity index (χ1v) is 6.14. The lowest BCUT2D eigenvalue weighted by Crippen LogP contribution is -2.24. The molecule has 1 heterocycles. The molecule has 0 saturated carbocycles. The average molecular weight is 232 g/mol. The summed E-state index contributed by atoms with van der Waals surface area (Å²) in [5.74, 6) is 0.369. The Morgan fingerprint density at radius 2 is 2.18 bits per heavy atom. The van der Waals surface area contributed by atoms with Gasteiger partial charge >= 0.3 is 0 Å². The second kappa shape index (κ2) is 4.80. The minimum absolute atomic E-state index is 0.369. The van der Waals surface area contributed by atoms with Crippen LogP contribution in [0.2, 0.25) is 0 Å². The molecule has 0 radical (unpaired) electrons. The molecular weight excluding hydrogens is 212 g/mol. The fourth-order valence-corrected chi connectivity index (χ4v) is 2.28. The van der Waals surface area contributed by atoms with Gasteiger partial charge in [-0.3, -0.25) is 0 Å². The van der Waals surface area contributed by atoms with Gasteiger partial charge in [-0.2, -0.15) is 0 Å². The number of aromatic nitrogens is 1. The quantitative estimate of drug-likeness (QED) is 0.850. The Kier molecular flexibility index (Phi) is 3.38. The van der Waals surface area contributed by atoms with Crippen LogP contribution in [0.5, 0.6) is 5.75 Å². The van der Waals surface area contributed by atoms with E-state index < -0.39 is 0 Å². The number of fused-ring (bicyclic) bond motifs is 1. The molecule has 2 aromatic rings. The summed E-state index contributed by atoms with van der Waals surface area (Å²) < 4.78 is 2.27. The highest BCUT2D eigenvalue weighted by Gasteiger charge is 2.11. The maximum Gasteiger partial charge on any atom is 0.124 e. The van der Waals surface area contributed by atoms with Crippen LogP contribution in [0.25, 0.3) is 10.9 Å². The molecule has 0 bridgehead atoms. The van der Waals surface area contributed by atoms with Crippen molar-refractivity contribution >= 4 is 10.9 Å². The summed E-state index contributed by atoms with van der Waals surface area (Å²) in [7, 11) is 1.97. The molecule has 2 N–H and O–H groups in total. The van der Waals surface area contributed by atoms with Crippen molar-refractivity contribution < 1.29 is 5.11 Å². The van der Waals surface area contributed by atoms with Crippen molar-refractivity contribution in [3.8, 4) is 5.75 Å². The largest absolute Gasteiger partial charge is 0.507 e. The molecule has 0 spiro atoms. The van der Waals surface area contributed by atoms with E-state index in [2.05, 4.69) is 35.9 Å².